The first-order chi connectivity index (χ1) is 10.3. The lowest BCUT2D eigenvalue weighted by Crippen LogP contribution is -2.28. The van der Waals surface area contributed by atoms with Gasteiger partial charge in [0.05, 0.1) is 16.4 Å². The average Bonchev–Trinajstić information content (AvgIpc) is 2.44. The van der Waals surface area contributed by atoms with Crippen LogP contribution in [-0.2, 0) is 32.7 Å². The van der Waals surface area contributed by atoms with Crippen LogP contribution in [0.4, 0.5) is 0 Å². The third-order valence-electron chi connectivity index (χ3n) is 3.82. The molecule has 1 aliphatic rings. The van der Waals surface area contributed by atoms with Crippen LogP contribution >= 0.6 is 0 Å². The Kier molecular flexibility index (Phi) is 5.63. The van der Waals surface area contributed by atoms with Crippen LogP contribution in [0.25, 0.3) is 0 Å². The van der Waals surface area contributed by atoms with Crippen LogP contribution < -0.4 is 4.72 Å². The van der Waals surface area contributed by atoms with Gasteiger partial charge in [0, 0.05) is 6.54 Å². The lowest BCUT2D eigenvalue weighted by atomic mass is 10.0. The van der Waals surface area contributed by atoms with Crippen LogP contribution in [0.1, 0.15) is 37.3 Å². The summed E-state index contributed by atoms with van der Waals surface area (Å²) in [6, 6.07) is 5.33. The Bertz CT molecular complexity index is 724. The minimum atomic E-state index is -3.20. The van der Waals surface area contributed by atoms with E-state index in [1.807, 2.05) is 13.0 Å². The van der Waals surface area contributed by atoms with Gasteiger partial charge in [0.2, 0.25) is 10.0 Å². The molecule has 0 saturated carbocycles. The van der Waals surface area contributed by atoms with Crippen LogP contribution in [-0.4, -0.2) is 34.9 Å². The summed E-state index contributed by atoms with van der Waals surface area (Å²) >= 11 is 0. The second-order valence-electron chi connectivity index (χ2n) is 5.68. The number of sulfone groups is 1. The quantitative estimate of drug-likeness (QED) is 0.815. The van der Waals surface area contributed by atoms with Crippen LogP contribution in [0, 0.1) is 0 Å². The number of unbranched alkanes of at least 4 members (excludes halogenated alkanes) is 1. The SMILES string of the molecule is CCCCS(=O)(=O)NCCc1ccc2c(c1)CCCS2(=O)=O. The highest BCUT2D eigenvalue weighted by molar-refractivity contribution is 7.91. The van der Waals surface area contributed by atoms with E-state index in [0.717, 1.165) is 24.0 Å². The molecule has 0 aromatic heterocycles. The van der Waals surface area contributed by atoms with Crippen LogP contribution in [0.2, 0.25) is 0 Å². The highest BCUT2D eigenvalue weighted by Crippen LogP contribution is 2.25. The van der Waals surface area contributed by atoms with E-state index in [0.29, 0.717) is 30.7 Å². The molecule has 22 heavy (non-hydrogen) atoms. The number of sulfonamides is 1. The van der Waals surface area contributed by atoms with Gasteiger partial charge in [-0.15, -0.1) is 0 Å². The minimum Gasteiger partial charge on any atom is -0.224 e. The number of aryl methyl sites for hydroxylation is 1. The monoisotopic (exact) mass is 345 g/mol. The summed E-state index contributed by atoms with van der Waals surface area (Å²) < 4.78 is 49.9. The number of nitrogens with one attached hydrogen (secondary N) is 1. The van der Waals surface area contributed by atoms with E-state index in [1.54, 1.807) is 12.1 Å². The summed E-state index contributed by atoms with van der Waals surface area (Å²) in [6.45, 7) is 2.30. The third kappa shape index (κ3) is 4.54. The van der Waals surface area contributed by atoms with Gasteiger partial charge in [-0.1, -0.05) is 25.5 Å². The van der Waals surface area contributed by atoms with Crippen molar-refractivity contribution in [3.8, 4) is 0 Å². The van der Waals surface area contributed by atoms with Gasteiger partial charge in [-0.3, -0.25) is 0 Å². The minimum absolute atomic E-state index is 0.159. The van der Waals surface area contributed by atoms with Crippen molar-refractivity contribution in [2.75, 3.05) is 18.1 Å². The molecule has 0 radical (unpaired) electrons. The second-order valence-corrected chi connectivity index (χ2v) is 9.69. The van der Waals surface area contributed by atoms with Crippen LogP contribution in [0.5, 0.6) is 0 Å². The van der Waals surface area contributed by atoms with E-state index in [4.69, 9.17) is 0 Å². The predicted molar refractivity (Wildman–Crippen MR) is 87.2 cm³/mol. The Hall–Kier alpha value is -0.920. The molecule has 0 spiro atoms. The normalized spacial score (nSPS) is 17.1. The Balaban J connectivity index is 1.98. The van der Waals surface area contributed by atoms with Gasteiger partial charge >= 0.3 is 0 Å². The van der Waals surface area contributed by atoms with Gasteiger partial charge in [0.1, 0.15) is 0 Å². The number of fused-ring (bicyclic) bond motifs is 1. The Morgan fingerprint density at radius 3 is 2.77 bits per heavy atom. The fourth-order valence-electron chi connectivity index (χ4n) is 2.61. The first kappa shape index (κ1) is 17.4. The Morgan fingerprint density at radius 1 is 1.27 bits per heavy atom. The standard InChI is InChI=1S/C15H23NO4S2/c1-2-3-11-22(19,20)16-9-8-13-6-7-15-14(12-13)5-4-10-21(15,17)18/h6-7,12,16H,2-5,8-11H2,1H3. The van der Waals surface area contributed by atoms with Crippen molar-refractivity contribution < 1.29 is 16.8 Å². The molecule has 0 atom stereocenters. The number of rotatable bonds is 7. The molecule has 5 nitrogen and oxygen atoms in total. The van der Waals surface area contributed by atoms with Crippen molar-refractivity contribution in [2.45, 2.75) is 43.9 Å². The topological polar surface area (TPSA) is 80.3 Å². The van der Waals surface area contributed by atoms with E-state index < -0.39 is 19.9 Å². The summed E-state index contributed by atoms with van der Waals surface area (Å²) in [7, 11) is -6.32. The highest BCUT2D eigenvalue weighted by Gasteiger charge is 2.23. The zero-order valence-corrected chi connectivity index (χ0v) is 14.5. The number of benzene rings is 1. The molecule has 1 N–H and O–H groups in total. The number of hydrogen-bond acceptors (Lipinski definition) is 4. The van der Waals surface area contributed by atoms with Gasteiger partial charge in [0.15, 0.2) is 9.84 Å². The molecule has 7 heteroatoms. The smallest absolute Gasteiger partial charge is 0.211 e. The van der Waals surface area contributed by atoms with Crippen molar-refractivity contribution in [3.63, 3.8) is 0 Å². The van der Waals surface area contributed by atoms with E-state index in [9.17, 15) is 16.8 Å². The summed E-state index contributed by atoms with van der Waals surface area (Å²) in [5.74, 6) is 0.377. The van der Waals surface area contributed by atoms with Crippen molar-refractivity contribution in [1.29, 1.82) is 0 Å². The molecule has 2 rings (SSSR count). The zero-order valence-electron chi connectivity index (χ0n) is 12.8. The van der Waals surface area contributed by atoms with Crippen molar-refractivity contribution in [2.24, 2.45) is 0 Å². The molecular formula is C15H23NO4S2. The summed E-state index contributed by atoms with van der Waals surface area (Å²) in [5.41, 5.74) is 1.83. The van der Waals surface area contributed by atoms with Crippen LogP contribution in [0.3, 0.4) is 0 Å². The molecule has 0 aliphatic carbocycles. The van der Waals surface area contributed by atoms with E-state index in [2.05, 4.69) is 4.72 Å². The molecular weight excluding hydrogens is 322 g/mol. The molecule has 1 aromatic rings. The van der Waals surface area contributed by atoms with Crippen molar-refractivity contribution >= 4 is 19.9 Å². The Morgan fingerprint density at radius 2 is 2.05 bits per heavy atom. The largest absolute Gasteiger partial charge is 0.224 e. The molecule has 1 aliphatic heterocycles. The lowest BCUT2D eigenvalue weighted by molar-refractivity contribution is 0.578. The maximum Gasteiger partial charge on any atom is 0.211 e. The van der Waals surface area contributed by atoms with E-state index >= 15 is 0 Å². The fourth-order valence-corrected chi connectivity index (χ4v) is 5.41. The summed E-state index contributed by atoms with van der Waals surface area (Å²) in [6.07, 6.45) is 3.50. The molecule has 0 unspecified atom stereocenters. The van der Waals surface area contributed by atoms with E-state index in [-0.39, 0.29) is 11.5 Å². The number of hydrogen-bond donors (Lipinski definition) is 1. The summed E-state index contributed by atoms with van der Waals surface area (Å²) in [5, 5.41) is 0. The van der Waals surface area contributed by atoms with Gasteiger partial charge in [-0.25, -0.2) is 21.6 Å². The summed E-state index contributed by atoms with van der Waals surface area (Å²) in [4.78, 5) is 0.436. The fraction of sp³-hybridized carbons (Fsp3) is 0.600. The first-order valence-electron chi connectivity index (χ1n) is 7.66. The zero-order chi connectivity index (χ0) is 16.2. The predicted octanol–water partition coefficient (Wildman–Crippen LogP) is 1.67. The average molecular weight is 345 g/mol. The van der Waals surface area contributed by atoms with Gasteiger partial charge in [0.25, 0.3) is 0 Å². The molecule has 0 fully saturated rings. The maximum absolute atomic E-state index is 11.9. The molecule has 0 amide bonds. The maximum atomic E-state index is 11.9. The highest BCUT2D eigenvalue weighted by atomic mass is 32.2. The van der Waals surface area contributed by atoms with Crippen LogP contribution in [0.15, 0.2) is 23.1 Å². The molecule has 1 aromatic carbocycles. The van der Waals surface area contributed by atoms with Gasteiger partial charge in [-0.05, 0) is 42.9 Å². The molecule has 124 valence electrons. The first-order valence-corrected chi connectivity index (χ1v) is 11.0. The molecule has 1 heterocycles. The molecule has 0 bridgehead atoms. The third-order valence-corrected chi connectivity index (χ3v) is 7.19. The van der Waals surface area contributed by atoms with E-state index in [1.165, 1.54) is 0 Å². The van der Waals surface area contributed by atoms with Gasteiger partial charge < -0.3 is 0 Å². The van der Waals surface area contributed by atoms with Gasteiger partial charge in [-0.2, -0.15) is 0 Å². The van der Waals surface area contributed by atoms with Crippen molar-refractivity contribution in [1.82, 2.24) is 4.72 Å². The molecule has 0 saturated heterocycles. The second kappa shape index (κ2) is 7.10. The van der Waals surface area contributed by atoms with Crippen molar-refractivity contribution in [3.05, 3.63) is 29.3 Å². The lowest BCUT2D eigenvalue weighted by Gasteiger charge is -2.17. The Labute approximate surface area is 133 Å².